The lowest BCUT2D eigenvalue weighted by atomic mass is 10.1. The average molecular weight is 249 g/mol. The summed E-state index contributed by atoms with van der Waals surface area (Å²) in [6, 6.07) is 3.43. The molecular formula is C15H27N3. The van der Waals surface area contributed by atoms with Crippen LogP contribution in [0.4, 0.5) is 0 Å². The summed E-state index contributed by atoms with van der Waals surface area (Å²) in [6.45, 7) is 5.42. The van der Waals surface area contributed by atoms with Crippen LogP contribution in [-0.2, 0) is 6.54 Å². The van der Waals surface area contributed by atoms with E-state index in [2.05, 4.69) is 36.1 Å². The second kappa shape index (κ2) is 6.93. The number of aromatic nitrogens is 2. The van der Waals surface area contributed by atoms with Crippen molar-refractivity contribution in [3.63, 3.8) is 0 Å². The summed E-state index contributed by atoms with van der Waals surface area (Å²) < 4.78 is 2.18. The van der Waals surface area contributed by atoms with Crippen molar-refractivity contribution in [1.29, 1.82) is 0 Å². The van der Waals surface area contributed by atoms with Crippen molar-refractivity contribution < 1.29 is 0 Å². The number of nitrogens with zero attached hydrogens (tertiary/aromatic N) is 2. The van der Waals surface area contributed by atoms with E-state index in [0.29, 0.717) is 12.1 Å². The van der Waals surface area contributed by atoms with Crippen LogP contribution in [0.1, 0.15) is 70.5 Å². The first-order chi connectivity index (χ1) is 8.79. The van der Waals surface area contributed by atoms with E-state index in [1.165, 1.54) is 50.6 Å². The van der Waals surface area contributed by atoms with E-state index in [-0.39, 0.29) is 0 Å². The van der Waals surface area contributed by atoms with Crippen LogP contribution in [0, 0.1) is 0 Å². The molecule has 0 saturated heterocycles. The van der Waals surface area contributed by atoms with Crippen molar-refractivity contribution in [2.45, 2.75) is 77.4 Å². The minimum atomic E-state index is 0.599. The molecule has 1 aliphatic rings. The number of hydrogen-bond acceptors (Lipinski definition) is 2. The van der Waals surface area contributed by atoms with E-state index in [1.54, 1.807) is 0 Å². The van der Waals surface area contributed by atoms with E-state index in [1.807, 2.05) is 0 Å². The van der Waals surface area contributed by atoms with Gasteiger partial charge in [-0.15, -0.1) is 0 Å². The minimum absolute atomic E-state index is 0.599. The van der Waals surface area contributed by atoms with Gasteiger partial charge in [0.15, 0.2) is 0 Å². The second-order valence-electron chi connectivity index (χ2n) is 5.65. The Morgan fingerprint density at radius 1 is 1.44 bits per heavy atom. The highest BCUT2D eigenvalue weighted by atomic mass is 15.3. The first-order valence-corrected chi connectivity index (χ1v) is 7.57. The largest absolute Gasteiger partial charge is 0.309 e. The molecule has 1 atom stereocenters. The standard InChI is InChI=1S/C15H27N3/c1-3-4-7-13(2)16-12-14-10-11-18(17-14)15-8-5-6-9-15/h10-11,13,15-16H,3-9,12H2,1-2H3. The predicted octanol–water partition coefficient (Wildman–Crippen LogP) is 3.67. The highest BCUT2D eigenvalue weighted by Crippen LogP contribution is 2.28. The Morgan fingerprint density at radius 2 is 2.22 bits per heavy atom. The lowest BCUT2D eigenvalue weighted by Crippen LogP contribution is -2.25. The molecular weight excluding hydrogens is 222 g/mol. The van der Waals surface area contributed by atoms with Crippen molar-refractivity contribution in [3.8, 4) is 0 Å². The molecule has 1 aliphatic carbocycles. The van der Waals surface area contributed by atoms with Gasteiger partial charge in [0, 0.05) is 18.8 Å². The first-order valence-electron chi connectivity index (χ1n) is 7.57. The predicted molar refractivity (Wildman–Crippen MR) is 75.6 cm³/mol. The highest BCUT2D eigenvalue weighted by Gasteiger charge is 2.17. The molecule has 1 N–H and O–H groups in total. The van der Waals surface area contributed by atoms with Crippen LogP contribution in [0.25, 0.3) is 0 Å². The molecule has 0 aromatic carbocycles. The second-order valence-corrected chi connectivity index (χ2v) is 5.65. The van der Waals surface area contributed by atoms with Gasteiger partial charge in [0.25, 0.3) is 0 Å². The molecule has 3 nitrogen and oxygen atoms in total. The molecule has 0 radical (unpaired) electrons. The van der Waals surface area contributed by atoms with Crippen LogP contribution in [0.15, 0.2) is 12.3 Å². The Hall–Kier alpha value is -0.830. The van der Waals surface area contributed by atoms with Gasteiger partial charge in [-0.3, -0.25) is 4.68 Å². The molecule has 18 heavy (non-hydrogen) atoms. The molecule has 1 aromatic rings. The zero-order valence-corrected chi connectivity index (χ0v) is 11.9. The SMILES string of the molecule is CCCCC(C)NCc1ccn(C2CCCC2)n1. The third-order valence-electron chi connectivity index (χ3n) is 3.98. The van der Waals surface area contributed by atoms with Gasteiger partial charge in [0.05, 0.1) is 11.7 Å². The van der Waals surface area contributed by atoms with Crippen molar-refractivity contribution in [2.75, 3.05) is 0 Å². The smallest absolute Gasteiger partial charge is 0.0762 e. The fourth-order valence-electron chi connectivity index (χ4n) is 2.74. The molecule has 0 bridgehead atoms. The summed E-state index contributed by atoms with van der Waals surface area (Å²) in [5, 5.41) is 8.26. The van der Waals surface area contributed by atoms with E-state index < -0.39 is 0 Å². The Labute approximate surface area is 111 Å². The molecule has 1 unspecified atom stereocenters. The fraction of sp³-hybridized carbons (Fsp3) is 0.800. The minimum Gasteiger partial charge on any atom is -0.309 e. The van der Waals surface area contributed by atoms with E-state index in [9.17, 15) is 0 Å². The topological polar surface area (TPSA) is 29.9 Å². The maximum absolute atomic E-state index is 4.70. The molecule has 1 aromatic heterocycles. The van der Waals surface area contributed by atoms with Gasteiger partial charge in [-0.1, -0.05) is 32.6 Å². The third-order valence-corrected chi connectivity index (χ3v) is 3.98. The highest BCUT2D eigenvalue weighted by molar-refractivity contribution is 5.00. The monoisotopic (exact) mass is 249 g/mol. The Balaban J connectivity index is 1.76. The Bertz CT molecular complexity index is 339. The van der Waals surface area contributed by atoms with Crippen molar-refractivity contribution >= 4 is 0 Å². The Morgan fingerprint density at radius 3 is 2.94 bits per heavy atom. The van der Waals surface area contributed by atoms with E-state index in [4.69, 9.17) is 5.10 Å². The maximum Gasteiger partial charge on any atom is 0.0762 e. The quantitative estimate of drug-likeness (QED) is 0.799. The molecule has 0 amide bonds. The van der Waals surface area contributed by atoms with Crippen LogP contribution in [0.3, 0.4) is 0 Å². The summed E-state index contributed by atoms with van der Waals surface area (Å²) in [6.07, 6.45) is 11.4. The number of rotatable bonds is 7. The summed E-state index contributed by atoms with van der Waals surface area (Å²) in [5.74, 6) is 0. The van der Waals surface area contributed by atoms with Crippen LogP contribution >= 0.6 is 0 Å². The summed E-state index contributed by atoms with van der Waals surface area (Å²) in [7, 11) is 0. The van der Waals surface area contributed by atoms with Gasteiger partial charge in [-0.25, -0.2) is 0 Å². The number of unbranched alkanes of at least 4 members (excludes halogenated alkanes) is 1. The Kier molecular flexibility index (Phi) is 5.24. The lowest BCUT2D eigenvalue weighted by Gasteiger charge is -2.12. The van der Waals surface area contributed by atoms with Crippen molar-refractivity contribution in [2.24, 2.45) is 0 Å². The van der Waals surface area contributed by atoms with Crippen LogP contribution < -0.4 is 5.32 Å². The van der Waals surface area contributed by atoms with E-state index in [0.717, 1.165) is 6.54 Å². The van der Waals surface area contributed by atoms with E-state index >= 15 is 0 Å². The molecule has 1 fully saturated rings. The number of hydrogen-bond donors (Lipinski definition) is 1. The van der Waals surface area contributed by atoms with Gasteiger partial charge in [0.2, 0.25) is 0 Å². The molecule has 1 saturated carbocycles. The lowest BCUT2D eigenvalue weighted by molar-refractivity contribution is 0.452. The van der Waals surface area contributed by atoms with Crippen molar-refractivity contribution in [1.82, 2.24) is 15.1 Å². The molecule has 0 aliphatic heterocycles. The van der Waals surface area contributed by atoms with Gasteiger partial charge in [0.1, 0.15) is 0 Å². The molecule has 1 heterocycles. The van der Waals surface area contributed by atoms with Gasteiger partial charge in [-0.05, 0) is 32.3 Å². The van der Waals surface area contributed by atoms with Crippen LogP contribution in [-0.4, -0.2) is 15.8 Å². The molecule has 3 heteroatoms. The van der Waals surface area contributed by atoms with Gasteiger partial charge >= 0.3 is 0 Å². The zero-order chi connectivity index (χ0) is 12.8. The zero-order valence-electron chi connectivity index (χ0n) is 11.9. The first kappa shape index (κ1) is 13.6. The van der Waals surface area contributed by atoms with Crippen LogP contribution in [0.2, 0.25) is 0 Å². The summed E-state index contributed by atoms with van der Waals surface area (Å²) in [4.78, 5) is 0. The van der Waals surface area contributed by atoms with Crippen LogP contribution in [0.5, 0.6) is 0 Å². The van der Waals surface area contributed by atoms with Gasteiger partial charge < -0.3 is 5.32 Å². The summed E-state index contributed by atoms with van der Waals surface area (Å²) in [5.41, 5.74) is 1.19. The third kappa shape index (κ3) is 3.84. The normalized spacial score (nSPS) is 18.3. The van der Waals surface area contributed by atoms with Crippen molar-refractivity contribution in [3.05, 3.63) is 18.0 Å². The molecule has 0 spiro atoms. The molecule has 2 rings (SSSR count). The maximum atomic E-state index is 4.70. The number of nitrogens with one attached hydrogen (secondary N) is 1. The average Bonchev–Trinajstić information content (AvgIpc) is 3.03. The fourth-order valence-corrected chi connectivity index (χ4v) is 2.74. The summed E-state index contributed by atoms with van der Waals surface area (Å²) >= 11 is 0. The molecule has 102 valence electrons. The van der Waals surface area contributed by atoms with Gasteiger partial charge in [-0.2, -0.15) is 5.10 Å².